The fourth-order valence-corrected chi connectivity index (χ4v) is 6.11. The lowest BCUT2D eigenvalue weighted by atomic mass is 10.3. The van der Waals surface area contributed by atoms with E-state index in [0.29, 0.717) is 40.5 Å². The number of para-hydroxylation sites is 2. The van der Waals surface area contributed by atoms with Gasteiger partial charge in [-0.3, -0.25) is 4.72 Å². The molecule has 4 aromatic rings. The number of anilines is 3. The van der Waals surface area contributed by atoms with Gasteiger partial charge in [-0.15, -0.1) is 0 Å². The summed E-state index contributed by atoms with van der Waals surface area (Å²) in [5.74, 6) is 0.507. The molecule has 0 amide bonds. The largest absolute Gasteiger partial charge is 0.497 e. The van der Waals surface area contributed by atoms with Crippen molar-refractivity contribution in [3.63, 3.8) is 0 Å². The number of methoxy groups -OCH3 is 1. The first-order valence-corrected chi connectivity index (χ1v) is 15.5. The Morgan fingerprint density at radius 3 is 2.15 bits per heavy atom. The van der Waals surface area contributed by atoms with E-state index in [0.717, 1.165) is 6.07 Å². The van der Waals surface area contributed by atoms with Crippen LogP contribution in [0.15, 0.2) is 76.5 Å². The van der Waals surface area contributed by atoms with Crippen molar-refractivity contribution in [1.29, 1.82) is 0 Å². The van der Waals surface area contributed by atoms with E-state index >= 15 is 0 Å². The Kier molecular flexibility index (Phi) is 9.11. The second-order valence-electron chi connectivity index (χ2n) is 9.02. The molecule has 3 aromatic carbocycles. The summed E-state index contributed by atoms with van der Waals surface area (Å²) in [7, 11) is -2.93. The topological polar surface area (TPSA) is 143 Å². The van der Waals surface area contributed by atoms with Gasteiger partial charge in [-0.2, -0.15) is 0 Å². The van der Waals surface area contributed by atoms with Gasteiger partial charge in [0.2, 0.25) is 10.0 Å². The van der Waals surface area contributed by atoms with Gasteiger partial charge >= 0.3 is 0 Å². The lowest BCUT2D eigenvalue weighted by Crippen LogP contribution is -2.27. The Balaban J connectivity index is 1.67. The first-order valence-electron chi connectivity index (χ1n) is 12.1. The predicted molar refractivity (Wildman–Crippen MR) is 156 cm³/mol. The van der Waals surface area contributed by atoms with Gasteiger partial charge in [-0.05, 0) is 69.5 Å². The number of rotatable bonds is 12. The number of hydrogen-bond acceptors (Lipinski definition) is 9. The summed E-state index contributed by atoms with van der Waals surface area (Å²) in [5.41, 5.74) is 1.38. The van der Waals surface area contributed by atoms with Crippen molar-refractivity contribution in [2.75, 3.05) is 44.3 Å². The zero-order valence-electron chi connectivity index (χ0n) is 22.0. The Bertz CT molecular complexity index is 1730. The average molecular weight is 605 g/mol. The van der Waals surface area contributed by atoms with Gasteiger partial charge in [0.05, 0.1) is 38.6 Å². The van der Waals surface area contributed by atoms with E-state index in [-0.39, 0.29) is 28.0 Å². The van der Waals surface area contributed by atoms with Crippen molar-refractivity contribution in [2.24, 2.45) is 0 Å². The van der Waals surface area contributed by atoms with Gasteiger partial charge < -0.3 is 15.0 Å². The van der Waals surface area contributed by atoms with E-state index in [2.05, 4.69) is 24.7 Å². The molecule has 0 aliphatic carbocycles. The van der Waals surface area contributed by atoms with E-state index in [4.69, 9.17) is 16.3 Å². The molecule has 3 N–H and O–H groups in total. The summed E-state index contributed by atoms with van der Waals surface area (Å²) in [4.78, 5) is 10.5. The number of nitrogens with one attached hydrogen (secondary N) is 3. The molecule has 0 radical (unpaired) electrons. The first-order chi connectivity index (χ1) is 19.0. The predicted octanol–water partition coefficient (Wildman–Crippen LogP) is 4.07. The van der Waals surface area contributed by atoms with E-state index in [1.165, 1.54) is 25.3 Å². The number of fused-ring (bicyclic) bond motifs is 1. The molecule has 1 heterocycles. The van der Waals surface area contributed by atoms with Crippen LogP contribution in [-0.2, 0) is 20.0 Å². The third kappa shape index (κ3) is 7.17. The lowest BCUT2D eigenvalue weighted by molar-refractivity contribution is 0.400. The minimum absolute atomic E-state index is 0.0868. The Labute approximate surface area is 238 Å². The van der Waals surface area contributed by atoms with Gasteiger partial charge in [0.1, 0.15) is 5.75 Å². The third-order valence-corrected chi connectivity index (χ3v) is 8.85. The number of halogens is 1. The Morgan fingerprint density at radius 1 is 0.850 bits per heavy atom. The quantitative estimate of drug-likeness (QED) is 0.204. The molecule has 0 spiro atoms. The SMILES string of the molecule is COc1ccc(Cl)c(Nc2nc3ccccc3nc2NS(=O)(=O)c2cccc(S(=O)(=O)NCCCN(C)C)c2)c1. The number of sulfonamides is 2. The zero-order chi connectivity index (χ0) is 28.9. The minimum atomic E-state index is -4.29. The van der Waals surface area contributed by atoms with Crippen LogP contribution in [0.5, 0.6) is 5.75 Å². The van der Waals surface area contributed by atoms with Crippen molar-refractivity contribution in [2.45, 2.75) is 16.2 Å². The minimum Gasteiger partial charge on any atom is -0.497 e. The number of nitrogens with zero attached hydrogens (tertiary/aromatic N) is 3. The van der Waals surface area contributed by atoms with Crippen molar-refractivity contribution in [3.05, 3.63) is 71.8 Å². The van der Waals surface area contributed by atoms with Crippen molar-refractivity contribution >= 4 is 60.0 Å². The van der Waals surface area contributed by atoms with Gasteiger partial charge in [0, 0.05) is 12.6 Å². The van der Waals surface area contributed by atoms with Crippen LogP contribution in [0.4, 0.5) is 17.3 Å². The summed E-state index contributed by atoms with van der Waals surface area (Å²) in [5, 5.41) is 3.38. The first kappa shape index (κ1) is 29.5. The molecular formula is C26H29ClN6O5S2. The highest BCUT2D eigenvalue weighted by Gasteiger charge is 2.22. The highest BCUT2D eigenvalue weighted by molar-refractivity contribution is 7.93. The average Bonchev–Trinajstić information content (AvgIpc) is 2.92. The second kappa shape index (κ2) is 12.4. The molecule has 11 nitrogen and oxygen atoms in total. The molecule has 0 saturated heterocycles. The molecule has 0 unspecified atom stereocenters. The molecule has 212 valence electrons. The second-order valence-corrected chi connectivity index (χ2v) is 12.9. The lowest BCUT2D eigenvalue weighted by Gasteiger charge is -2.15. The normalized spacial score (nSPS) is 12.0. The van der Waals surface area contributed by atoms with Crippen LogP contribution < -0.4 is 19.5 Å². The van der Waals surface area contributed by atoms with Gasteiger partial charge in [0.25, 0.3) is 10.0 Å². The van der Waals surface area contributed by atoms with Crippen LogP contribution in [0.3, 0.4) is 0 Å². The molecular weight excluding hydrogens is 576 g/mol. The zero-order valence-corrected chi connectivity index (χ0v) is 24.4. The number of aromatic nitrogens is 2. The molecule has 0 atom stereocenters. The van der Waals surface area contributed by atoms with E-state index in [1.54, 1.807) is 42.5 Å². The molecule has 0 saturated carbocycles. The van der Waals surface area contributed by atoms with Crippen molar-refractivity contribution in [1.82, 2.24) is 19.6 Å². The molecule has 0 aliphatic rings. The highest BCUT2D eigenvalue weighted by atomic mass is 35.5. The third-order valence-electron chi connectivity index (χ3n) is 5.73. The van der Waals surface area contributed by atoms with Crippen molar-refractivity contribution < 1.29 is 21.6 Å². The fourth-order valence-electron chi connectivity index (χ4n) is 3.69. The molecule has 14 heteroatoms. The molecule has 0 bridgehead atoms. The molecule has 0 fully saturated rings. The standard InChI is InChI=1S/C26H29ClN6O5S2/c1-33(2)15-7-14-28-39(34,35)19-8-6-9-20(17-19)40(36,37)32-26-25(29-22-10-4-5-11-23(22)30-26)31-24-16-18(38-3)12-13-21(24)27/h4-6,8-13,16-17,28H,7,14-15H2,1-3H3,(H,29,31)(H,30,32). The molecule has 40 heavy (non-hydrogen) atoms. The Hall–Kier alpha value is -3.49. The maximum atomic E-state index is 13.5. The summed E-state index contributed by atoms with van der Waals surface area (Å²) in [6.45, 7) is 0.912. The van der Waals surface area contributed by atoms with Gasteiger partial charge in [0.15, 0.2) is 11.6 Å². The smallest absolute Gasteiger partial charge is 0.263 e. The van der Waals surface area contributed by atoms with Crippen LogP contribution in [-0.4, -0.2) is 66.0 Å². The van der Waals surface area contributed by atoms with Gasteiger partial charge in [-0.1, -0.05) is 29.8 Å². The maximum absolute atomic E-state index is 13.5. The summed E-state index contributed by atoms with van der Waals surface area (Å²) in [6, 6.07) is 17.0. The van der Waals surface area contributed by atoms with Crippen LogP contribution >= 0.6 is 11.6 Å². The summed E-state index contributed by atoms with van der Waals surface area (Å²) in [6.07, 6.45) is 0.597. The molecule has 0 aliphatic heterocycles. The maximum Gasteiger partial charge on any atom is 0.263 e. The van der Waals surface area contributed by atoms with E-state index in [9.17, 15) is 16.8 Å². The van der Waals surface area contributed by atoms with Gasteiger partial charge in [-0.25, -0.2) is 31.5 Å². The van der Waals surface area contributed by atoms with E-state index in [1.807, 2.05) is 19.0 Å². The number of hydrogen-bond donors (Lipinski definition) is 3. The van der Waals surface area contributed by atoms with E-state index < -0.39 is 20.0 Å². The van der Waals surface area contributed by atoms with Crippen LogP contribution in [0.2, 0.25) is 5.02 Å². The number of benzene rings is 3. The van der Waals surface area contributed by atoms with Crippen LogP contribution in [0, 0.1) is 0 Å². The monoisotopic (exact) mass is 604 g/mol. The molecule has 1 aromatic heterocycles. The van der Waals surface area contributed by atoms with Crippen LogP contribution in [0.25, 0.3) is 11.0 Å². The Morgan fingerprint density at radius 2 is 1.50 bits per heavy atom. The summed E-state index contributed by atoms with van der Waals surface area (Å²) < 4.78 is 62.7. The molecule has 4 rings (SSSR count). The number of ether oxygens (including phenoxy) is 1. The van der Waals surface area contributed by atoms with Crippen LogP contribution in [0.1, 0.15) is 6.42 Å². The highest BCUT2D eigenvalue weighted by Crippen LogP contribution is 2.33. The van der Waals surface area contributed by atoms with Crippen molar-refractivity contribution in [3.8, 4) is 5.75 Å². The fraction of sp³-hybridized carbons (Fsp3) is 0.231. The summed E-state index contributed by atoms with van der Waals surface area (Å²) >= 11 is 6.35.